The van der Waals surface area contributed by atoms with Crippen LogP contribution in [0.4, 0.5) is 0 Å². The molecule has 0 bridgehead atoms. The molecule has 1 fully saturated rings. The van der Waals surface area contributed by atoms with Crippen LogP contribution in [0.2, 0.25) is 0 Å². The Balaban J connectivity index is 1.76. The Morgan fingerprint density at radius 3 is 2.48 bits per heavy atom. The van der Waals surface area contributed by atoms with Crippen molar-refractivity contribution in [2.24, 2.45) is 0 Å². The van der Waals surface area contributed by atoms with Crippen LogP contribution in [-0.4, -0.2) is 47.2 Å². The molecule has 1 aromatic heterocycles. The Morgan fingerprint density at radius 2 is 1.89 bits per heavy atom. The number of hydrogen-bond acceptors (Lipinski definition) is 5. The van der Waals surface area contributed by atoms with E-state index in [1.54, 1.807) is 30.5 Å². The predicted octanol–water partition coefficient (Wildman–Crippen LogP) is 3.64. The first-order chi connectivity index (χ1) is 13.0. The van der Waals surface area contributed by atoms with Crippen LogP contribution in [0.5, 0.6) is 5.75 Å². The summed E-state index contributed by atoms with van der Waals surface area (Å²) >= 11 is 0. The number of aromatic nitrogens is 1. The van der Waals surface area contributed by atoms with Crippen LogP contribution in [0.15, 0.2) is 48.8 Å². The van der Waals surface area contributed by atoms with Gasteiger partial charge in [0, 0.05) is 24.9 Å². The number of rotatable bonds is 6. The van der Waals surface area contributed by atoms with Crippen LogP contribution in [0, 0.1) is 0 Å². The SMILES string of the molecule is CN(C)CC(c1ccc(OC(=O)c2cccnc2)cc1)C1(O)CCCCC1. The second-order valence-corrected chi connectivity index (χ2v) is 7.68. The molecular weight excluding hydrogens is 340 g/mol. The van der Waals surface area contributed by atoms with Crippen LogP contribution in [0.3, 0.4) is 0 Å². The number of benzene rings is 1. The molecule has 1 heterocycles. The lowest BCUT2D eigenvalue weighted by molar-refractivity contribution is -0.0277. The fourth-order valence-corrected chi connectivity index (χ4v) is 3.88. The van der Waals surface area contributed by atoms with Crippen molar-refractivity contribution in [1.29, 1.82) is 0 Å². The lowest BCUT2D eigenvalue weighted by Crippen LogP contribution is -2.42. The summed E-state index contributed by atoms with van der Waals surface area (Å²) in [7, 11) is 4.06. The second-order valence-electron chi connectivity index (χ2n) is 7.68. The summed E-state index contributed by atoms with van der Waals surface area (Å²) in [6.45, 7) is 0.783. The van der Waals surface area contributed by atoms with Crippen molar-refractivity contribution in [3.63, 3.8) is 0 Å². The maximum absolute atomic E-state index is 12.2. The van der Waals surface area contributed by atoms with Crippen molar-refractivity contribution in [3.05, 3.63) is 59.9 Å². The summed E-state index contributed by atoms with van der Waals surface area (Å²) in [5, 5.41) is 11.3. The molecule has 0 aliphatic heterocycles. The Hall–Kier alpha value is -2.24. The van der Waals surface area contributed by atoms with E-state index in [4.69, 9.17) is 4.74 Å². The monoisotopic (exact) mass is 368 g/mol. The maximum atomic E-state index is 12.2. The molecule has 0 saturated heterocycles. The van der Waals surface area contributed by atoms with Crippen LogP contribution in [0.1, 0.15) is 53.9 Å². The highest BCUT2D eigenvalue weighted by molar-refractivity contribution is 5.90. The summed E-state index contributed by atoms with van der Waals surface area (Å²) in [5.74, 6) is 0.106. The number of pyridine rings is 1. The van der Waals surface area contributed by atoms with Crippen LogP contribution >= 0.6 is 0 Å². The van der Waals surface area contributed by atoms with Crippen LogP contribution in [-0.2, 0) is 0 Å². The van der Waals surface area contributed by atoms with E-state index in [9.17, 15) is 9.90 Å². The smallest absolute Gasteiger partial charge is 0.345 e. The van der Waals surface area contributed by atoms with E-state index in [0.717, 1.165) is 37.8 Å². The Kier molecular flexibility index (Phi) is 6.24. The minimum Gasteiger partial charge on any atom is -0.423 e. The number of likely N-dealkylation sites (N-methyl/N-ethyl adjacent to an activating group) is 1. The number of aliphatic hydroxyl groups is 1. The Bertz CT molecular complexity index is 738. The standard InChI is InChI=1S/C22H28N2O3/c1-24(2)16-20(22(26)12-4-3-5-13-22)17-8-10-19(11-9-17)27-21(25)18-7-6-14-23-15-18/h6-11,14-15,20,26H,3-5,12-13,16H2,1-2H3. The van der Waals surface area contributed by atoms with Crippen molar-refractivity contribution in [2.45, 2.75) is 43.6 Å². The number of esters is 1. The first-order valence-corrected chi connectivity index (χ1v) is 9.57. The van der Waals surface area contributed by atoms with Crippen molar-refractivity contribution < 1.29 is 14.6 Å². The van der Waals surface area contributed by atoms with Crippen LogP contribution < -0.4 is 4.74 Å². The molecule has 1 N–H and O–H groups in total. The summed E-state index contributed by atoms with van der Waals surface area (Å²) in [6, 6.07) is 10.9. The highest BCUT2D eigenvalue weighted by Crippen LogP contribution is 2.40. The molecule has 0 amide bonds. The zero-order valence-electron chi connectivity index (χ0n) is 16.1. The normalized spacial score (nSPS) is 17.5. The molecule has 144 valence electrons. The lowest BCUT2D eigenvalue weighted by atomic mass is 9.72. The van der Waals surface area contributed by atoms with E-state index >= 15 is 0 Å². The highest BCUT2D eigenvalue weighted by atomic mass is 16.5. The van der Waals surface area contributed by atoms with E-state index in [0.29, 0.717) is 11.3 Å². The molecule has 27 heavy (non-hydrogen) atoms. The van der Waals surface area contributed by atoms with Gasteiger partial charge >= 0.3 is 5.97 Å². The van der Waals surface area contributed by atoms with Gasteiger partial charge in [-0.15, -0.1) is 0 Å². The molecule has 1 aliphatic carbocycles. The quantitative estimate of drug-likeness (QED) is 0.623. The second kappa shape index (κ2) is 8.63. The third-order valence-corrected chi connectivity index (χ3v) is 5.31. The molecule has 0 radical (unpaired) electrons. The fraction of sp³-hybridized carbons (Fsp3) is 0.455. The largest absolute Gasteiger partial charge is 0.423 e. The molecule has 1 aromatic carbocycles. The van der Waals surface area contributed by atoms with Crippen molar-refractivity contribution in [2.75, 3.05) is 20.6 Å². The van der Waals surface area contributed by atoms with Crippen molar-refractivity contribution in [3.8, 4) is 5.75 Å². The molecule has 0 spiro atoms. The summed E-state index contributed by atoms with van der Waals surface area (Å²) in [4.78, 5) is 18.2. The van der Waals surface area contributed by atoms with Crippen molar-refractivity contribution in [1.82, 2.24) is 9.88 Å². The summed E-state index contributed by atoms with van der Waals surface area (Å²) < 4.78 is 5.44. The topological polar surface area (TPSA) is 62.7 Å². The predicted molar refractivity (Wildman–Crippen MR) is 105 cm³/mol. The first-order valence-electron chi connectivity index (χ1n) is 9.57. The summed E-state index contributed by atoms with van der Waals surface area (Å²) in [6.07, 6.45) is 8.12. The van der Waals surface area contributed by atoms with Gasteiger partial charge in [0.2, 0.25) is 0 Å². The highest BCUT2D eigenvalue weighted by Gasteiger charge is 2.38. The number of hydrogen-bond donors (Lipinski definition) is 1. The minimum absolute atomic E-state index is 0.0378. The molecule has 2 aromatic rings. The van der Waals surface area contributed by atoms with Gasteiger partial charge in [0.1, 0.15) is 5.75 Å². The van der Waals surface area contributed by atoms with Gasteiger partial charge in [-0.05, 0) is 56.8 Å². The van der Waals surface area contributed by atoms with E-state index in [1.807, 2.05) is 26.2 Å². The van der Waals surface area contributed by atoms with E-state index < -0.39 is 11.6 Å². The van der Waals surface area contributed by atoms with Gasteiger partial charge in [0.05, 0.1) is 11.2 Å². The molecular formula is C22H28N2O3. The number of carbonyl (C=O) groups is 1. The van der Waals surface area contributed by atoms with Crippen molar-refractivity contribution >= 4 is 5.97 Å². The molecule has 5 nitrogen and oxygen atoms in total. The number of nitrogens with zero attached hydrogens (tertiary/aromatic N) is 2. The van der Waals surface area contributed by atoms with Gasteiger partial charge in [-0.3, -0.25) is 4.98 Å². The van der Waals surface area contributed by atoms with Gasteiger partial charge in [-0.25, -0.2) is 4.79 Å². The van der Waals surface area contributed by atoms with Gasteiger partial charge in [0.25, 0.3) is 0 Å². The third kappa shape index (κ3) is 4.93. The maximum Gasteiger partial charge on any atom is 0.345 e. The van der Waals surface area contributed by atoms with E-state index in [-0.39, 0.29) is 5.92 Å². The zero-order valence-corrected chi connectivity index (χ0v) is 16.1. The lowest BCUT2D eigenvalue weighted by Gasteiger charge is -2.40. The molecule has 1 aliphatic rings. The number of ether oxygens (including phenoxy) is 1. The molecule has 5 heteroatoms. The minimum atomic E-state index is -0.670. The van der Waals surface area contributed by atoms with Gasteiger partial charge < -0.3 is 14.7 Å². The molecule has 1 saturated carbocycles. The molecule has 1 unspecified atom stereocenters. The zero-order chi connectivity index (χ0) is 19.3. The van der Waals surface area contributed by atoms with Gasteiger partial charge in [-0.2, -0.15) is 0 Å². The Labute approximate surface area is 161 Å². The molecule has 3 rings (SSSR count). The average Bonchev–Trinajstić information content (AvgIpc) is 2.68. The third-order valence-electron chi connectivity index (χ3n) is 5.31. The fourth-order valence-electron chi connectivity index (χ4n) is 3.88. The Morgan fingerprint density at radius 1 is 1.19 bits per heavy atom. The summed E-state index contributed by atoms with van der Waals surface area (Å²) in [5.41, 5.74) is 0.828. The number of carbonyl (C=O) groups excluding carboxylic acids is 1. The average molecular weight is 368 g/mol. The van der Waals surface area contributed by atoms with E-state index in [1.165, 1.54) is 12.6 Å². The van der Waals surface area contributed by atoms with Gasteiger partial charge in [-0.1, -0.05) is 31.4 Å². The van der Waals surface area contributed by atoms with Crippen LogP contribution in [0.25, 0.3) is 0 Å². The van der Waals surface area contributed by atoms with E-state index in [2.05, 4.69) is 9.88 Å². The first kappa shape index (κ1) is 19.5. The molecule has 1 atom stereocenters. The van der Waals surface area contributed by atoms with Gasteiger partial charge in [0.15, 0.2) is 0 Å².